The van der Waals surface area contributed by atoms with Gasteiger partial charge in [0.1, 0.15) is 0 Å². The smallest absolute Gasteiger partial charge is 0.335 e. The van der Waals surface area contributed by atoms with Crippen LogP contribution in [0.5, 0.6) is 0 Å². The van der Waals surface area contributed by atoms with Crippen molar-refractivity contribution in [3.8, 4) is 0 Å². The molecule has 1 rings (SSSR count). The molecule has 0 heterocycles. The van der Waals surface area contributed by atoms with Crippen LogP contribution in [0.15, 0.2) is 30.9 Å². The number of carbonyl (C=O) groups excluding carboxylic acids is 1. The third-order valence-electron chi connectivity index (χ3n) is 2.40. The van der Waals surface area contributed by atoms with Gasteiger partial charge in [-0.25, -0.2) is 14.4 Å². The first kappa shape index (κ1) is 14.4. The molecule has 6 heteroatoms. The number of ether oxygens (including phenoxy) is 1. The number of esters is 1. The van der Waals surface area contributed by atoms with Gasteiger partial charge in [-0.15, -0.1) is 0 Å². The first-order valence-electron chi connectivity index (χ1n) is 5.35. The van der Waals surface area contributed by atoms with Crippen LogP contribution in [0, 0.1) is 0 Å². The second-order valence-electron chi connectivity index (χ2n) is 3.56. The molecule has 1 aromatic rings. The summed E-state index contributed by atoms with van der Waals surface area (Å²) in [6.07, 6.45) is 0.977. The standard InChI is InChI=1S/C13H12O6/c1-2-11(14)19-7-6-8-9(12(15)16)4-3-5-10(8)13(17)18/h2-5H,1,6-7H2,(H,15,16)(H,17,18). The monoisotopic (exact) mass is 264 g/mol. The number of carboxylic acid groups (broad SMARTS) is 2. The summed E-state index contributed by atoms with van der Waals surface area (Å²) >= 11 is 0. The average Bonchev–Trinajstić information content (AvgIpc) is 2.37. The molecule has 0 bridgehead atoms. The van der Waals surface area contributed by atoms with Crippen molar-refractivity contribution < 1.29 is 29.3 Å². The molecule has 0 aromatic heterocycles. The minimum Gasteiger partial charge on any atom is -0.478 e. The Morgan fingerprint density at radius 2 is 1.68 bits per heavy atom. The fourth-order valence-corrected chi connectivity index (χ4v) is 1.57. The summed E-state index contributed by atoms with van der Waals surface area (Å²) in [7, 11) is 0. The fraction of sp³-hybridized carbons (Fsp3) is 0.154. The van der Waals surface area contributed by atoms with E-state index in [4.69, 9.17) is 14.9 Å². The maximum Gasteiger partial charge on any atom is 0.335 e. The molecule has 0 atom stereocenters. The predicted octanol–water partition coefficient (Wildman–Crippen LogP) is 1.35. The van der Waals surface area contributed by atoms with E-state index >= 15 is 0 Å². The molecule has 0 aliphatic heterocycles. The zero-order valence-electron chi connectivity index (χ0n) is 9.96. The van der Waals surface area contributed by atoms with Crippen molar-refractivity contribution in [2.24, 2.45) is 0 Å². The highest BCUT2D eigenvalue weighted by Gasteiger charge is 2.18. The van der Waals surface area contributed by atoms with E-state index in [-0.39, 0.29) is 29.7 Å². The van der Waals surface area contributed by atoms with Crippen LogP contribution in [0.25, 0.3) is 0 Å². The lowest BCUT2D eigenvalue weighted by atomic mass is 9.98. The number of rotatable bonds is 6. The van der Waals surface area contributed by atoms with Crippen LogP contribution in [0.4, 0.5) is 0 Å². The summed E-state index contributed by atoms with van der Waals surface area (Å²) in [6, 6.07) is 3.96. The molecule has 2 N–H and O–H groups in total. The van der Waals surface area contributed by atoms with Crippen molar-refractivity contribution in [1.82, 2.24) is 0 Å². The molecular weight excluding hydrogens is 252 g/mol. The van der Waals surface area contributed by atoms with Gasteiger partial charge in [0.15, 0.2) is 0 Å². The Kier molecular flexibility index (Phi) is 4.82. The second kappa shape index (κ2) is 6.34. The number of hydrogen-bond acceptors (Lipinski definition) is 4. The van der Waals surface area contributed by atoms with Crippen LogP contribution in [0.2, 0.25) is 0 Å². The highest BCUT2D eigenvalue weighted by Crippen LogP contribution is 2.16. The van der Waals surface area contributed by atoms with Crippen molar-refractivity contribution in [2.45, 2.75) is 6.42 Å². The quantitative estimate of drug-likeness (QED) is 0.594. The van der Waals surface area contributed by atoms with E-state index in [0.717, 1.165) is 6.08 Å². The van der Waals surface area contributed by atoms with Crippen molar-refractivity contribution in [2.75, 3.05) is 6.61 Å². The van der Waals surface area contributed by atoms with E-state index < -0.39 is 17.9 Å². The molecule has 0 amide bonds. The van der Waals surface area contributed by atoms with E-state index in [9.17, 15) is 14.4 Å². The Morgan fingerprint density at radius 3 is 2.11 bits per heavy atom. The molecule has 1 aromatic carbocycles. The lowest BCUT2D eigenvalue weighted by molar-refractivity contribution is -0.137. The SMILES string of the molecule is C=CC(=O)OCCc1c(C(=O)O)cccc1C(=O)O. The summed E-state index contributed by atoms with van der Waals surface area (Å²) in [5.74, 6) is -3.11. The molecule has 0 spiro atoms. The Bertz CT molecular complexity index is 500. The molecule has 100 valence electrons. The largest absolute Gasteiger partial charge is 0.478 e. The minimum absolute atomic E-state index is 0.00366. The van der Waals surface area contributed by atoms with Gasteiger partial charge in [0, 0.05) is 12.5 Å². The third-order valence-corrected chi connectivity index (χ3v) is 2.40. The highest BCUT2D eigenvalue weighted by atomic mass is 16.5. The molecule has 0 aliphatic carbocycles. The van der Waals surface area contributed by atoms with Crippen molar-refractivity contribution in [1.29, 1.82) is 0 Å². The molecule has 0 unspecified atom stereocenters. The van der Waals surface area contributed by atoms with Gasteiger partial charge in [-0.2, -0.15) is 0 Å². The molecule has 0 aliphatic rings. The number of hydrogen-bond donors (Lipinski definition) is 2. The van der Waals surface area contributed by atoms with Crippen molar-refractivity contribution in [3.05, 3.63) is 47.5 Å². The Hall–Kier alpha value is -2.63. The molecule has 19 heavy (non-hydrogen) atoms. The second-order valence-corrected chi connectivity index (χ2v) is 3.56. The molecular formula is C13H12O6. The van der Waals surface area contributed by atoms with E-state index in [0.29, 0.717) is 0 Å². The first-order chi connectivity index (χ1) is 8.97. The zero-order chi connectivity index (χ0) is 14.4. The summed E-state index contributed by atoms with van der Waals surface area (Å²) < 4.78 is 4.72. The van der Waals surface area contributed by atoms with Crippen LogP contribution in [-0.2, 0) is 16.0 Å². The lowest BCUT2D eigenvalue weighted by Gasteiger charge is -2.09. The summed E-state index contributed by atoms with van der Waals surface area (Å²) in [4.78, 5) is 32.9. The van der Waals surface area contributed by atoms with Gasteiger partial charge in [-0.1, -0.05) is 12.6 Å². The Morgan fingerprint density at radius 1 is 1.16 bits per heavy atom. The molecule has 0 fully saturated rings. The van der Waals surface area contributed by atoms with Crippen molar-refractivity contribution in [3.63, 3.8) is 0 Å². The van der Waals surface area contributed by atoms with Gasteiger partial charge in [0.25, 0.3) is 0 Å². The number of aromatic carboxylic acids is 2. The van der Waals surface area contributed by atoms with E-state index in [1.165, 1.54) is 18.2 Å². The van der Waals surface area contributed by atoms with Gasteiger partial charge in [-0.3, -0.25) is 0 Å². The van der Waals surface area contributed by atoms with Crippen LogP contribution < -0.4 is 0 Å². The molecule has 0 saturated carbocycles. The van der Waals surface area contributed by atoms with E-state index in [1.807, 2.05) is 0 Å². The summed E-state index contributed by atoms with van der Waals surface area (Å²) in [6.45, 7) is 3.10. The van der Waals surface area contributed by atoms with Crippen molar-refractivity contribution >= 4 is 17.9 Å². The normalized spacial score (nSPS) is 9.68. The molecule has 0 radical (unpaired) electrons. The van der Waals surface area contributed by atoms with Gasteiger partial charge in [-0.05, 0) is 17.7 Å². The zero-order valence-corrected chi connectivity index (χ0v) is 9.96. The van der Waals surface area contributed by atoms with Crippen LogP contribution in [0.1, 0.15) is 26.3 Å². The minimum atomic E-state index is -1.23. The first-order valence-corrected chi connectivity index (χ1v) is 5.35. The van der Waals surface area contributed by atoms with E-state index in [2.05, 4.69) is 6.58 Å². The Balaban J connectivity index is 3.01. The fourth-order valence-electron chi connectivity index (χ4n) is 1.57. The Labute approximate surface area is 108 Å². The van der Waals surface area contributed by atoms with Gasteiger partial charge in [0.2, 0.25) is 0 Å². The van der Waals surface area contributed by atoms with Crippen LogP contribution >= 0.6 is 0 Å². The number of carboxylic acids is 2. The van der Waals surface area contributed by atoms with Gasteiger partial charge < -0.3 is 14.9 Å². The van der Waals surface area contributed by atoms with Gasteiger partial charge in [0.05, 0.1) is 17.7 Å². The average molecular weight is 264 g/mol. The highest BCUT2D eigenvalue weighted by molar-refractivity contribution is 5.96. The molecule has 6 nitrogen and oxygen atoms in total. The lowest BCUT2D eigenvalue weighted by Crippen LogP contribution is -2.13. The van der Waals surface area contributed by atoms with Crippen LogP contribution in [-0.4, -0.2) is 34.7 Å². The third kappa shape index (κ3) is 3.67. The number of benzene rings is 1. The van der Waals surface area contributed by atoms with Gasteiger partial charge >= 0.3 is 17.9 Å². The van der Waals surface area contributed by atoms with E-state index in [1.54, 1.807) is 0 Å². The predicted molar refractivity (Wildman–Crippen MR) is 65.2 cm³/mol. The summed E-state index contributed by atoms with van der Waals surface area (Å²) in [5.41, 5.74) is -0.108. The topological polar surface area (TPSA) is 101 Å². The summed E-state index contributed by atoms with van der Waals surface area (Å²) in [5, 5.41) is 18.0. The molecule has 0 saturated heterocycles. The number of carbonyl (C=O) groups is 3. The maximum atomic E-state index is 11.0. The van der Waals surface area contributed by atoms with Crippen LogP contribution in [0.3, 0.4) is 0 Å². The maximum absolute atomic E-state index is 11.0.